The van der Waals surface area contributed by atoms with Crippen LogP contribution >= 0.6 is 0 Å². The first-order chi connectivity index (χ1) is 7.70. The summed E-state index contributed by atoms with van der Waals surface area (Å²) in [7, 11) is 4.13. The second-order valence-electron chi connectivity index (χ2n) is 4.91. The van der Waals surface area contributed by atoms with E-state index in [1.165, 1.54) is 24.1 Å². The van der Waals surface area contributed by atoms with Gasteiger partial charge >= 0.3 is 0 Å². The molecular formula is C14H21NO. The molecule has 1 aliphatic carbocycles. The second-order valence-corrected chi connectivity index (χ2v) is 4.91. The van der Waals surface area contributed by atoms with Gasteiger partial charge in [0.25, 0.3) is 0 Å². The molecule has 2 heteroatoms. The molecule has 0 bridgehead atoms. The Labute approximate surface area is 97.9 Å². The third-order valence-electron chi connectivity index (χ3n) is 3.55. The predicted octanol–water partition coefficient (Wildman–Crippen LogP) is 2.77. The number of anilines is 1. The fourth-order valence-corrected chi connectivity index (χ4v) is 2.68. The number of aliphatic hydroxyl groups is 1. The van der Waals surface area contributed by atoms with Gasteiger partial charge in [0.15, 0.2) is 0 Å². The van der Waals surface area contributed by atoms with Gasteiger partial charge in [0.05, 0.1) is 6.10 Å². The molecule has 2 atom stereocenters. The van der Waals surface area contributed by atoms with Crippen molar-refractivity contribution in [3.63, 3.8) is 0 Å². The SMILES string of the molecule is CN(C)c1ccccc1[C@@H]1CCCC[C@H]1O. The van der Waals surface area contributed by atoms with Gasteiger partial charge in [-0.2, -0.15) is 0 Å². The lowest BCUT2D eigenvalue weighted by atomic mass is 9.81. The van der Waals surface area contributed by atoms with Crippen LogP contribution in [-0.2, 0) is 0 Å². The van der Waals surface area contributed by atoms with Crippen LogP contribution in [0, 0.1) is 0 Å². The molecule has 0 aliphatic heterocycles. The van der Waals surface area contributed by atoms with E-state index in [0.29, 0.717) is 5.92 Å². The van der Waals surface area contributed by atoms with E-state index in [-0.39, 0.29) is 6.10 Å². The maximum atomic E-state index is 10.1. The molecule has 0 aromatic heterocycles. The zero-order chi connectivity index (χ0) is 11.5. The quantitative estimate of drug-likeness (QED) is 0.826. The Morgan fingerprint density at radius 2 is 1.81 bits per heavy atom. The van der Waals surface area contributed by atoms with Gasteiger partial charge in [0, 0.05) is 25.7 Å². The van der Waals surface area contributed by atoms with Crippen molar-refractivity contribution in [2.75, 3.05) is 19.0 Å². The van der Waals surface area contributed by atoms with E-state index in [0.717, 1.165) is 12.8 Å². The smallest absolute Gasteiger partial charge is 0.0609 e. The molecule has 0 amide bonds. The summed E-state index contributed by atoms with van der Waals surface area (Å²) in [6.45, 7) is 0. The molecular weight excluding hydrogens is 198 g/mol. The van der Waals surface area contributed by atoms with Gasteiger partial charge in [0.1, 0.15) is 0 Å². The first-order valence-corrected chi connectivity index (χ1v) is 6.14. The maximum Gasteiger partial charge on any atom is 0.0609 e. The molecule has 0 heterocycles. The van der Waals surface area contributed by atoms with E-state index < -0.39 is 0 Å². The Bertz CT molecular complexity index is 348. The van der Waals surface area contributed by atoms with E-state index in [1.807, 2.05) is 0 Å². The highest BCUT2D eigenvalue weighted by Gasteiger charge is 2.26. The van der Waals surface area contributed by atoms with E-state index in [9.17, 15) is 5.11 Å². The largest absolute Gasteiger partial charge is 0.392 e. The van der Waals surface area contributed by atoms with Crippen molar-refractivity contribution in [3.8, 4) is 0 Å². The molecule has 1 aromatic carbocycles. The minimum absolute atomic E-state index is 0.158. The minimum Gasteiger partial charge on any atom is -0.392 e. The fourth-order valence-electron chi connectivity index (χ4n) is 2.68. The van der Waals surface area contributed by atoms with Gasteiger partial charge in [-0.15, -0.1) is 0 Å². The second kappa shape index (κ2) is 4.88. The summed E-state index contributed by atoms with van der Waals surface area (Å²) in [5.74, 6) is 0.326. The van der Waals surface area contributed by atoms with E-state index in [4.69, 9.17) is 0 Å². The zero-order valence-corrected chi connectivity index (χ0v) is 10.2. The summed E-state index contributed by atoms with van der Waals surface area (Å²) in [6.07, 6.45) is 4.32. The monoisotopic (exact) mass is 219 g/mol. The molecule has 0 unspecified atom stereocenters. The lowest BCUT2D eigenvalue weighted by molar-refractivity contribution is 0.106. The van der Waals surface area contributed by atoms with Gasteiger partial charge in [-0.3, -0.25) is 0 Å². The number of hydrogen-bond donors (Lipinski definition) is 1. The molecule has 2 nitrogen and oxygen atoms in total. The molecule has 1 aliphatic rings. The summed E-state index contributed by atoms with van der Waals surface area (Å²) in [5.41, 5.74) is 2.55. The Morgan fingerprint density at radius 3 is 2.50 bits per heavy atom. The van der Waals surface area contributed by atoms with Crippen LogP contribution in [0.2, 0.25) is 0 Å². The third-order valence-corrected chi connectivity index (χ3v) is 3.55. The first-order valence-electron chi connectivity index (χ1n) is 6.14. The standard InChI is InChI=1S/C14H21NO/c1-15(2)13-9-5-3-7-11(13)12-8-4-6-10-14(12)16/h3,5,7,9,12,14,16H,4,6,8,10H2,1-2H3/t12-,14+/m0/s1. The topological polar surface area (TPSA) is 23.5 Å². The molecule has 0 saturated heterocycles. The van der Waals surface area contributed by atoms with Crippen molar-refractivity contribution in [1.82, 2.24) is 0 Å². The predicted molar refractivity (Wildman–Crippen MR) is 68.0 cm³/mol. The molecule has 0 radical (unpaired) electrons. The lowest BCUT2D eigenvalue weighted by Crippen LogP contribution is -2.24. The van der Waals surface area contributed by atoms with Crippen LogP contribution in [0.5, 0.6) is 0 Å². The number of hydrogen-bond acceptors (Lipinski definition) is 2. The highest BCUT2D eigenvalue weighted by Crippen LogP contribution is 2.37. The first kappa shape index (κ1) is 11.5. The van der Waals surface area contributed by atoms with Crippen LogP contribution in [0.3, 0.4) is 0 Å². The number of benzene rings is 1. The zero-order valence-electron chi connectivity index (χ0n) is 10.2. The van der Waals surface area contributed by atoms with Gasteiger partial charge in [-0.05, 0) is 24.5 Å². The molecule has 1 N–H and O–H groups in total. The van der Waals surface area contributed by atoms with Crippen molar-refractivity contribution >= 4 is 5.69 Å². The molecule has 1 fully saturated rings. The average Bonchev–Trinajstić information content (AvgIpc) is 2.29. The van der Waals surface area contributed by atoms with Crippen molar-refractivity contribution in [3.05, 3.63) is 29.8 Å². The van der Waals surface area contributed by atoms with Crippen LogP contribution in [0.25, 0.3) is 0 Å². The number of nitrogens with zero attached hydrogens (tertiary/aromatic N) is 1. The summed E-state index contributed by atoms with van der Waals surface area (Å²) in [6, 6.07) is 8.43. The van der Waals surface area contributed by atoms with Crippen LogP contribution in [-0.4, -0.2) is 25.3 Å². The van der Waals surface area contributed by atoms with Crippen LogP contribution in [0.4, 0.5) is 5.69 Å². The van der Waals surface area contributed by atoms with Crippen molar-refractivity contribution in [2.24, 2.45) is 0 Å². The summed E-state index contributed by atoms with van der Waals surface area (Å²) >= 11 is 0. The maximum absolute atomic E-state index is 10.1. The normalized spacial score (nSPS) is 25.4. The lowest BCUT2D eigenvalue weighted by Gasteiger charge is -2.31. The van der Waals surface area contributed by atoms with E-state index in [2.05, 4.69) is 43.3 Å². The molecule has 88 valence electrons. The van der Waals surface area contributed by atoms with E-state index >= 15 is 0 Å². The van der Waals surface area contributed by atoms with Gasteiger partial charge in [-0.1, -0.05) is 31.0 Å². The number of aliphatic hydroxyl groups excluding tert-OH is 1. The summed E-state index contributed by atoms with van der Waals surface area (Å²) in [5, 5.41) is 10.1. The van der Waals surface area contributed by atoms with Gasteiger partial charge < -0.3 is 10.0 Å². The van der Waals surface area contributed by atoms with Crippen LogP contribution < -0.4 is 4.90 Å². The Morgan fingerprint density at radius 1 is 1.12 bits per heavy atom. The van der Waals surface area contributed by atoms with Crippen LogP contribution in [0.15, 0.2) is 24.3 Å². The molecule has 2 rings (SSSR count). The van der Waals surface area contributed by atoms with Crippen molar-refractivity contribution in [1.29, 1.82) is 0 Å². The third kappa shape index (κ3) is 2.22. The summed E-state index contributed by atoms with van der Waals surface area (Å²) < 4.78 is 0. The minimum atomic E-state index is -0.158. The molecule has 1 aromatic rings. The van der Waals surface area contributed by atoms with E-state index in [1.54, 1.807) is 0 Å². The molecule has 1 saturated carbocycles. The van der Waals surface area contributed by atoms with Gasteiger partial charge in [-0.25, -0.2) is 0 Å². The van der Waals surface area contributed by atoms with Crippen molar-refractivity contribution < 1.29 is 5.11 Å². The van der Waals surface area contributed by atoms with Crippen LogP contribution in [0.1, 0.15) is 37.2 Å². The molecule has 0 spiro atoms. The summed E-state index contributed by atoms with van der Waals surface area (Å²) in [4.78, 5) is 2.14. The number of rotatable bonds is 2. The Kier molecular flexibility index (Phi) is 3.49. The van der Waals surface area contributed by atoms with Gasteiger partial charge in [0.2, 0.25) is 0 Å². The highest BCUT2D eigenvalue weighted by molar-refractivity contribution is 5.54. The highest BCUT2D eigenvalue weighted by atomic mass is 16.3. The Hall–Kier alpha value is -1.02. The average molecular weight is 219 g/mol. The molecule has 16 heavy (non-hydrogen) atoms. The van der Waals surface area contributed by atoms with Crippen molar-refractivity contribution in [2.45, 2.75) is 37.7 Å². The number of para-hydroxylation sites is 1. The fraction of sp³-hybridized carbons (Fsp3) is 0.571. The Balaban J connectivity index is 2.31.